The average Bonchev–Trinajstić information content (AvgIpc) is 2.34. The summed E-state index contributed by atoms with van der Waals surface area (Å²) in [7, 11) is 6.82. The topological polar surface area (TPSA) is 3.24 Å². The second-order valence-corrected chi connectivity index (χ2v) is 11.0. The molecule has 2 radical (unpaired) electrons. The second-order valence-electron chi connectivity index (χ2n) is 11.0. The Morgan fingerprint density at radius 2 is 1.12 bits per heavy atom. The minimum Gasteiger partial charge on any atom is -0.290 e. The van der Waals surface area contributed by atoms with Crippen LogP contribution in [0.3, 0.4) is 0 Å². The first-order valence-electron chi connectivity index (χ1n) is 10.3. The number of likely N-dealkylation sites (tertiary alicyclic amines) is 1. The summed E-state index contributed by atoms with van der Waals surface area (Å²) in [5, 5.41) is 0. The molecule has 1 fully saturated rings. The van der Waals surface area contributed by atoms with Gasteiger partial charge in [0.25, 0.3) is 0 Å². The van der Waals surface area contributed by atoms with Crippen LogP contribution in [-0.4, -0.2) is 29.9 Å². The Morgan fingerprint density at radius 1 is 0.792 bits per heavy atom. The lowest BCUT2D eigenvalue weighted by Crippen LogP contribution is -2.64. The maximum absolute atomic E-state index is 6.82. The Kier molecular flexibility index (Phi) is 6.74. The molecule has 1 saturated heterocycles. The van der Waals surface area contributed by atoms with Crippen molar-refractivity contribution in [2.24, 2.45) is 10.8 Å². The van der Waals surface area contributed by atoms with E-state index in [0.717, 1.165) is 12.8 Å². The van der Waals surface area contributed by atoms with Crippen LogP contribution in [-0.2, 0) is 0 Å². The van der Waals surface area contributed by atoms with Crippen LogP contribution >= 0.6 is 0 Å². The predicted octanol–water partition coefficient (Wildman–Crippen LogP) is 6.62. The van der Waals surface area contributed by atoms with Gasteiger partial charge < -0.3 is 0 Å². The monoisotopic (exact) mass is 333 g/mol. The average molecular weight is 333 g/mol. The summed E-state index contributed by atoms with van der Waals surface area (Å²) in [5.41, 5.74) is 0.613. The number of rotatable bonds is 5. The van der Waals surface area contributed by atoms with Crippen molar-refractivity contribution < 1.29 is 0 Å². The summed E-state index contributed by atoms with van der Waals surface area (Å²) in [5.74, 6) is 0.224. The van der Waals surface area contributed by atoms with Crippen molar-refractivity contribution in [3.63, 3.8) is 0 Å². The van der Waals surface area contributed by atoms with Gasteiger partial charge in [0.1, 0.15) is 0 Å². The number of hydrogen-bond acceptors (Lipinski definition) is 1. The van der Waals surface area contributed by atoms with Gasteiger partial charge >= 0.3 is 0 Å². The third-order valence-electron chi connectivity index (χ3n) is 6.37. The van der Waals surface area contributed by atoms with Crippen molar-refractivity contribution in [1.82, 2.24) is 4.90 Å². The van der Waals surface area contributed by atoms with Crippen LogP contribution in [0.4, 0.5) is 0 Å². The molecular formula is C22H44BN. The van der Waals surface area contributed by atoms with Gasteiger partial charge in [0, 0.05) is 17.1 Å². The fourth-order valence-electron chi connectivity index (χ4n) is 6.55. The Hall–Kier alpha value is 0.0249. The Balaban J connectivity index is 3.41. The van der Waals surface area contributed by atoms with E-state index in [0.29, 0.717) is 6.04 Å². The highest BCUT2D eigenvalue weighted by Gasteiger charge is 2.51. The van der Waals surface area contributed by atoms with Crippen molar-refractivity contribution in [2.75, 3.05) is 0 Å². The molecule has 0 N–H and O–H groups in total. The van der Waals surface area contributed by atoms with Gasteiger partial charge in [-0.15, -0.1) is 0 Å². The molecule has 1 nitrogen and oxygen atoms in total. The van der Waals surface area contributed by atoms with Crippen LogP contribution in [0.5, 0.6) is 0 Å². The van der Waals surface area contributed by atoms with Gasteiger partial charge in [0.05, 0.1) is 7.85 Å². The Morgan fingerprint density at radius 3 is 1.42 bits per heavy atom. The first-order chi connectivity index (χ1) is 10.7. The Labute approximate surface area is 154 Å². The molecule has 0 amide bonds. The molecule has 1 aliphatic heterocycles. The lowest BCUT2D eigenvalue weighted by Gasteiger charge is -2.61. The number of hydrogen-bond donors (Lipinski definition) is 0. The first kappa shape index (κ1) is 22.1. The van der Waals surface area contributed by atoms with Crippen molar-refractivity contribution in [3.8, 4) is 0 Å². The van der Waals surface area contributed by atoms with E-state index < -0.39 is 0 Å². The molecule has 2 heteroatoms. The summed E-state index contributed by atoms with van der Waals surface area (Å²) in [6.45, 7) is 24.0. The number of nitrogens with zero attached hydrogens (tertiary/aromatic N) is 1. The van der Waals surface area contributed by atoms with Crippen LogP contribution in [0.1, 0.15) is 108 Å². The summed E-state index contributed by atoms with van der Waals surface area (Å²) in [6, 6.07) is 0.672. The van der Waals surface area contributed by atoms with Crippen molar-refractivity contribution >= 4 is 7.85 Å². The first-order valence-corrected chi connectivity index (χ1v) is 10.3. The van der Waals surface area contributed by atoms with Crippen molar-refractivity contribution in [3.05, 3.63) is 0 Å². The summed E-state index contributed by atoms with van der Waals surface area (Å²) in [6.07, 6.45) is 7.43. The highest BCUT2D eigenvalue weighted by molar-refractivity contribution is 6.12. The molecule has 0 unspecified atom stereocenters. The van der Waals surface area contributed by atoms with Crippen LogP contribution in [0.25, 0.3) is 0 Å². The van der Waals surface area contributed by atoms with Crippen molar-refractivity contribution in [1.29, 1.82) is 0 Å². The van der Waals surface area contributed by atoms with E-state index in [4.69, 9.17) is 7.85 Å². The quantitative estimate of drug-likeness (QED) is 0.511. The Bertz CT molecular complexity index is 372. The van der Waals surface area contributed by atoms with E-state index in [-0.39, 0.29) is 27.7 Å². The van der Waals surface area contributed by atoms with E-state index in [2.05, 4.69) is 74.1 Å². The standard InChI is InChI=1S/C22H44BN/c1-11-13-17(14-12-2)24-21(7,8)15-19(3,4)18(23)20(5,6)16-22(24,9)10/h17-18H,11-16H2,1-10H3. The van der Waals surface area contributed by atoms with Crippen LogP contribution in [0.15, 0.2) is 0 Å². The van der Waals surface area contributed by atoms with Gasteiger partial charge in [-0.2, -0.15) is 0 Å². The summed E-state index contributed by atoms with van der Waals surface area (Å²) in [4.78, 5) is 2.89. The summed E-state index contributed by atoms with van der Waals surface area (Å²) >= 11 is 0. The van der Waals surface area contributed by atoms with Gasteiger partial charge in [-0.3, -0.25) is 4.90 Å². The highest BCUT2D eigenvalue weighted by atomic mass is 15.3. The molecule has 140 valence electrons. The van der Waals surface area contributed by atoms with E-state index in [1.165, 1.54) is 25.7 Å². The molecule has 24 heavy (non-hydrogen) atoms. The molecule has 0 spiro atoms. The van der Waals surface area contributed by atoms with Gasteiger partial charge in [-0.1, -0.05) is 60.2 Å². The van der Waals surface area contributed by atoms with Gasteiger partial charge in [0.2, 0.25) is 0 Å². The van der Waals surface area contributed by atoms with Gasteiger partial charge in [0.15, 0.2) is 0 Å². The van der Waals surface area contributed by atoms with E-state index >= 15 is 0 Å². The molecule has 0 atom stereocenters. The zero-order valence-electron chi connectivity index (χ0n) is 18.4. The third-order valence-corrected chi connectivity index (χ3v) is 6.37. The maximum atomic E-state index is 6.82. The maximum Gasteiger partial charge on any atom is 0.0714 e. The molecule has 1 aliphatic rings. The largest absolute Gasteiger partial charge is 0.290 e. The van der Waals surface area contributed by atoms with Crippen molar-refractivity contribution in [2.45, 2.75) is 131 Å². The van der Waals surface area contributed by atoms with Crippen LogP contribution in [0, 0.1) is 10.8 Å². The SMILES string of the molecule is [B]C1C(C)(C)CC(C)(C)N(C(CCC)CCC)C(C)(C)CC1(C)C. The van der Waals surface area contributed by atoms with E-state index in [1.54, 1.807) is 0 Å². The third kappa shape index (κ3) is 4.60. The van der Waals surface area contributed by atoms with E-state index in [9.17, 15) is 0 Å². The molecule has 1 rings (SSSR count). The van der Waals surface area contributed by atoms with Gasteiger partial charge in [-0.05, 0) is 64.2 Å². The molecule has 0 aromatic heterocycles. The second kappa shape index (κ2) is 7.33. The molecule has 0 aliphatic carbocycles. The molecular weight excluding hydrogens is 289 g/mol. The molecule has 0 bridgehead atoms. The molecule has 1 heterocycles. The molecule has 0 aromatic carbocycles. The minimum absolute atomic E-state index is 0.144. The zero-order chi connectivity index (χ0) is 19.0. The fourth-order valence-corrected chi connectivity index (χ4v) is 6.55. The van der Waals surface area contributed by atoms with Gasteiger partial charge in [-0.25, -0.2) is 0 Å². The lowest BCUT2D eigenvalue weighted by atomic mass is 9.49. The predicted molar refractivity (Wildman–Crippen MR) is 110 cm³/mol. The molecule has 0 aromatic rings. The normalized spacial score (nSPS) is 27.0. The van der Waals surface area contributed by atoms with E-state index in [1.807, 2.05) is 0 Å². The molecule has 0 saturated carbocycles. The zero-order valence-corrected chi connectivity index (χ0v) is 18.4. The van der Waals surface area contributed by atoms with Crippen LogP contribution < -0.4 is 0 Å². The lowest BCUT2D eigenvalue weighted by molar-refractivity contribution is -0.0915. The fraction of sp³-hybridized carbons (Fsp3) is 1.00. The smallest absolute Gasteiger partial charge is 0.0714 e. The highest BCUT2D eigenvalue weighted by Crippen LogP contribution is 2.56. The summed E-state index contributed by atoms with van der Waals surface area (Å²) < 4.78 is 0. The minimum atomic E-state index is 0.144. The van der Waals surface area contributed by atoms with Crippen LogP contribution in [0.2, 0.25) is 5.82 Å².